The Kier molecular flexibility index (Phi) is 2.34. The summed E-state index contributed by atoms with van der Waals surface area (Å²) in [6.45, 7) is 2.05. The summed E-state index contributed by atoms with van der Waals surface area (Å²) < 4.78 is 13.5. The Bertz CT molecular complexity index is 2000. The average molecular weight is 461 g/mol. The minimum Gasteiger partial charge on any atom is -0.394 e. The summed E-state index contributed by atoms with van der Waals surface area (Å²) in [6.07, 6.45) is 4.07. The Balaban J connectivity index is 1.59. The molecule has 4 aliphatic rings. The quantitative estimate of drug-likeness (QED) is 0.255. The molecule has 1 spiro atoms. The molecule has 158 valence electrons. The smallest absolute Gasteiger partial charge is 0.394 e. The van der Waals surface area contributed by atoms with E-state index in [4.69, 9.17) is 14.8 Å². The average Bonchev–Trinajstić information content (AvgIpc) is 3.49. The van der Waals surface area contributed by atoms with Crippen LogP contribution in [0, 0.1) is 6.92 Å². The first kappa shape index (κ1) is 16.4. The molecule has 9 heteroatoms. The first-order valence-electron chi connectivity index (χ1n) is 11.2. The van der Waals surface area contributed by atoms with Crippen LogP contribution in [0.15, 0.2) is 76.8 Å². The van der Waals surface area contributed by atoms with Crippen LogP contribution in [0.3, 0.4) is 0 Å². The lowest BCUT2D eigenvalue weighted by atomic mass is 10.2. The van der Waals surface area contributed by atoms with Crippen LogP contribution < -0.4 is 18.9 Å². The second kappa shape index (κ2) is 4.84. The molecule has 0 bridgehead atoms. The normalized spacial score (nSPS) is 19.0. The number of benzene rings is 1. The van der Waals surface area contributed by atoms with Crippen LogP contribution >= 0.6 is 11.8 Å². The van der Waals surface area contributed by atoms with Crippen molar-refractivity contribution < 1.29 is 14.1 Å². The van der Waals surface area contributed by atoms with E-state index in [1.54, 1.807) is 11.8 Å². The molecule has 34 heavy (non-hydrogen) atoms. The fourth-order valence-corrected chi connectivity index (χ4v) is 7.39. The van der Waals surface area contributed by atoms with Gasteiger partial charge in [-0.05, 0) is 49.4 Å². The minimum absolute atomic E-state index is 0.233. The third-order valence-electron chi connectivity index (χ3n) is 7.41. The Morgan fingerprint density at radius 1 is 1.06 bits per heavy atom. The van der Waals surface area contributed by atoms with E-state index in [1.807, 2.05) is 12.3 Å². The molecule has 0 radical (unpaired) electrons. The zero-order chi connectivity index (χ0) is 21.9. The van der Waals surface area contributed by atoms with E-state index >= 15 is 0 Å². The first-order valence-corrected chi connectivity index (χ1v) is 12.0. The van der Waals surface area contributed by atoms with E-state index < -0.39 is 0 Å². The maximum Gasteiger partial charge on any atom is 0.438 e. The van der Waals surface area contributed by atoms with Gasteiger partial charge in [0.2, 0.25) is 21.9 Å². The molecule has 0 saturated heterocycles. The first-order chi connectivity index (χ1) is 16.8. The van der Waals surface area contributed by atoms with Gasteiger partial charge in [-0.2, -0.15) is 4.57 Å². The summed E-state index contributed by atoms with van der Waals surface area (Å²) in [7, 11) is 0. The molecule has 5 aromatic heterocycles. The van der Waals surface area contributed by atoms with Crippen molar-refractivity contribution >= 4 is 39.5 Å². The van der Waals surface area contributed by atoms with Gasteiger partial charge in [-0.3, -0.25) is 4.98 Å². The van der Waals surface area contributed by atoms with Crippen molar-refractivity contribution in [2.75, 3.05) is 0 Å². The van der Waals surface area contributed by atoms with Crippen molar-refractivity contribution in [1.29, 1.82) is 0 Å². The van der Waals surface area contributed by atoms with E-state index in [0.717, 1.165) is 62.2 Å². The van der Waals surface area contributed by atoms with Gasteiger partial charge < -0.3 is 4.74 Å². The molecule has 1 aromatic carbocycles. The van der Waals surface area contributed by atoms with Gasteiger partial charge >= 0.3 is 22.9 Å². The van der Waals surface area contributed by atoms with Gasteiger partial charge in [0.15, 0.2) is 11.7 Å². The van der Waals surface area contributed by atoms with Crippen molar-refractivity contribution in [3.05, 3.63) is 72.7 Å². The number of nitrogens with zero attached hydrogens (tertiary/aromatic N) is 7. The Morgan fingerprint density at radius 2 is 2.03 bits per heavy atom. The Morgan fingerprint density at radius 3 is 3.00 bits per heavy atom. The highest BCUT2D eigenvalue weighted by atomic mass is 32.2. The van der Waals surface area contributed by atoms with E-state index in [-0.39, 0.29) is 4.81 Å². The molecule has 0 N–H and O–H groups in total. The van der Waals surface area contributed by atoms with Crippen LogP contribution in [0.2, 0.25) is 0 Å². The van der Waals surface area contributed by atoms with Gasteiger partial charge in [0, 0.05) is 21.7 Å². The summed E-state index contributed by atoms with van der Waals surface area (Å²) in [4.78, 5) is 9.62. The van der Waals surface area contributed by atoms with Crippen molar-refractivity contribution in [2.45, 2.75) is 16.7 Å². The lowest BCUT2D eigenvalue weighted by Crippen LogP contribution is -2.88. The topological polar surface area (TPSA) is 52.6 Å². The molecule has 0 amide bonds. The van der Waals surface area contributed by atoms with Gasteiger partial charge in [-0.15, -0.1) is 5.10 Å². The van der Waals surface area contributed by atoms with Crippen molar-refractivity contribution in [2.24, 2.45) is 0 Å². The van der Waals surface area contributed by atoms with Gasteiger partial charge in [-0.25, -0.2) is 0 Å². The molecule has 0 aliphatic carbocycles. The van der Waals surface area contributed by atoms with Crippen LogP contribution in [-0.4, -0.2) is 19.4 Å². The van der Waals surface area contributed by atoms with Crippen LogP contribution in [0.25, 0.3) is 39.1 Å². The molecule has 4 aliphatic heterocycles. The fraction of sp³-hybridized carbons (Fsp3) is 0.0400. The zero-order valence-electron chi connectivity index (χ0n) is 17.8. The predicted octanol–water partition coefficient (Wildman–Crippen LogP) is 3.82. The van der Waals surface area contributed by atoms with Gasteiger partial charge in [0.05, 0.1) is 21.6 Å². The lowest BCUT2D eigenvalue weighted by molar-refractivity contribution is -1.05. The number of ether oxygens (including phenoxy) is 1. The second-order valence-corrected chi connectivity index (χ2v) is 10.2. The summed E-state index contributed by atoms with van der Waals surface area (Å²) in [5, 5.41) is 6.19. The highest BCUT2D eigenvalue weighted by Crippen LogP contribution is 2.56. The number of pyridine rings is 3. The molecule has 8 nitrogen and oxygen atoms in total. The summed E-state index contributed by atoms with van der Waals surface area (Å²) in [5.74, 6) is 1.62. The predicted molar refractivity (Wildman–Crippen MR) is 124 cm³/mol. The number of aromatic nitrogens is 6. The molecule has 0 fully saturated rings. The van der Waals surface area contributed by atoms with E-state index in [1.165, 1.54) is 9.79 Å². The molecular weight excluding hydrogens is 446 g/mol. The van der Waals surface area contributed by atoms with Crippen molar-refractivity contribution in [1.82, 2.24) is 24.3 Å². The standard InChI is InChI=1S/C25H14N7OS/c1-13-12-16-15-5-2-6-20-30(15)32(31(16)27-13)24-17(33-20)7-8-18-23(24)29-22-19(34-18)9-10-26-21(22)14-4-3-11-28(32)25(14)29/h2-12H,1H3/q+3. The molecule has 10 rings (SSSR count). The third kappa shape index (κ3) is 1.41. The van der Waals surface area contributed by atoms with Crippen LogP contribution in [0.1, 0.15) is 5.69 Å². The number of aryl methyl sites for hydroxylation is 1. The number of hydrogen-bond acceptors (Lipinski definition) is 4. The lowest BCUT2D eigenvalue weighted by Gasteiger charge is -2.31. The number of hydrogen-bond donors (Lipinski definition) is 0. The molecule has 1 atom stereocenters. The highest BCUT2D eigenvalue weighted by Gasteiger charge is 2.71. The zero-order valence-corrected chi connectivity index (χ0v) is 18.6. The monoisotopic (exact) mass is 460 g/mol. The van der Waals surface area contributed by atoms with Gasteiger partial charge in [0.25, 0.3) is 0 Å². The largest absolute Gasteiger partial charge is 0.438 e. The molecule has 1 unspecified atom stereocenters. The highest BCUT2D eigenvalue weighted by molar-refractivity contribution is 7.99. The van der Waals surface area contributed by atoms with Crippen molar-refractivity contribution in [3.8, 4) is 28.7 Å². The third-order valence-corrected chi connectivity index (χ3v) is 8.51. The molecular formula is C25H14N7OS+3. The van der Waals surface area contributed by atoms with E-state index in [9.17, 15) is 0 Å². The Hall–Kier alpha value is -4.21. The minimum atomic E-state index is 0.233. The van der Waals surface area contributed by atoms with Crippen LogP contribution in [-0.2, 0) is 0 Å². The second-order valence-electron chi connectivity index (χ2n) is 9.08. The van der Waals surface area contributed by atoms with E-state index in [2.05, 4.69) is 80.4 Å². The van der Waals surface area contributed by atoms with Gasteiger partial charge in [0.1, 0.15) is 15.6 Å². The molecule has 0 saturated carbocycles. The van der Waals surface area contributed by atoms with Crippen LogP contribution in [0.5, 0.6) is 11.6 Å². The summed E-state index contributed by atoms with van der Waals surface area (Å²) >= 11 is 1.80. The number of rotatable bonds is 0. The fourth-order valence-electron chi connectivity index (χ4n) is 6.31. The Labute approximate surface area is 196 Å². The number of quaternary nitrogens is 1. The van der Waals surface area contributed by atoms with Gasteiger partial charge in [-0.1, -0.05) is 11.8 Å². The maximum absolute atomic E-state index is 6.57. The van der Waals surface area contributed by atoms with E-state index in [0.29, 0.717) is 0 Å². The number of fused-ring (bicyclic) bond motifs is 3. The summed E-state index contributed by atoms with van der Waals surface area (Å²) in [5.41, 5.74) is 8.57. The van der Waals surface area contributed by atoms with Crippen molar-refractivity contribution in [3.63, 3.8) is 0 Å². The van der Waals surface area contributed by atoms with Crippen LogP contribution in [0.4, 0.5) is 5.69 Å². The summed E-state index contributed by atoms with van der Waals surface area (Å²) in [6, 6.07) is 19.1. The SMILES string of the molecule is Cc1cc2n(n1)[N+]13c4c(ccc5c4-n4c6c(ccnc6c6ccc[n+]1c64)S5)Oc1cccc-2[n+]13. The molecule has 9 heterocycles. The maximum atomic E-state index is 6.57. The molecule has 6 aromatic rings.